The van der Waals surface area contributed by atoms with E-state index in [1.165, 1.54) is 18.2 Å². The molecule has 1 N–H and O–H groups in total. The van der Waals surface area contributed by atoms with Gasteiger partial charge >= 0.3 is 0 Å². The maximum absolute atomic E-state index is 10.5. The van der Waals surface area contributed by atoms with Gasteiger partial charge in [0.2, 0.25) is 0 Å². The van der Waals surface area contributed by atoms with Crippen LogP contribution in [0.4, 0.5) is 5.69 Å². The minimum atomic E-state index is -0.522. The van der Waals surface area contributed by atoms with Gasteiger partial charge in [0, 0.05) is 18.1 Å². The molecule has 72 valence electrons. The molecule has 1 rings (SSSR count). The molecule has 1 aromatic rings. The summed E-state index contributed by atoms with van der Waals surface area (Å²) < 4.78 is 0. The monoisotopic (exact) mass is 192 g/mol. The zero-order valence-corrected chi connectivity index (χ0v) is 7.30. The Bertz CT molecular complexity index is 396. The van der Waals surface area contributed by atoms with Crippen LogP contribution >= 0.6 is 0 Å². The number of nitrogens with zero attached hydrogens (tertiary/aromatic N) is 2. The average Bonchev–Trinajstić information content (AvgIpc) is 2.14. The summed E-state index contributed by atoms with van der Waals surface area (Å²) in [6.07, 6.45) is 0.478. The van der Waals surface area contributed by atoms with E-state index in [1.807, 2.05) is 6.07 Å². The first-order valence-electron chi connectivity index (χ1n) is 3.98. The smallest absolute Gasteiger partial charge is 0.272 e. The van der Waals surface area contributed by atoms with Crippen molar-refractivity contribution >= 4 is 5.69 Å². The zero-order valence-electron chi connectivity index (χ0n) is 7.30. The molecule has 14 heavy (non-hydrogen) atoms. The Kier molecular flexibility index (Phi) is 3.02. The largest absolute Gasteiger partial charge is 0.508 e. The summed E-state index contributed by atoms with van der Waals surface area (Å²) in [7, 11) is 0. The molecule has 0 atom stereocenters. The van der Waals surface area contributed by atoms with E-state index in [2.05, 4.69) is 0 Å². The molecule has 0 fully saturated rings. The molecule has 5 nitrogen and oxygen atoms in total. The van der Waals surface area contributed by atoms with E-state index in [-0.39, 0.29) is 24.3 Å². The Morgan fingerprint density at radius 1 is 1.57 bits per heavy atom. The predicted molar refractivity (Wildman–Crippen MR) is 48.7 cm³/mol. The van der Waals surface area contributed by atoms with E-state index < -0.39 is 4.92 Å². The number of aromatic hydroxyl groups is 1. The highest BCUT2D eigenvalue weighted by Crippen LogP contribution is 2.24. The van der Waals surface area contributed by atoms with Gasteiger partial charge in [0.25, 0.3) is 5.69 Å². The highest BCUT2D eigenvalue weighted by molar-refractivity contribution is 5.44. The topological polar surface area (TPSA) is 87.2 Å². The minimum absolute atomic E-state index is 0.0245. The third kappa shape index (κ3) is 2.20. The lowest BCUT2D eigenvalue weighted by Crippen LogP contribution is -1.94. The van der Waals surface area contributed by atoms with E-state index >= 15 is 0 Å². The second-order valence-corrected chi connectivity index (χ2v) is 2.73. The molecular formula is C9H8N2O3. The summed E-state index contributed by atoms with van der Waals surface area (Å²) in [5, 5.41) is 28.0. The van der Waals surface area contributed by atoms with E-state index in [0.717, 1.165) is 0 Å². The van der Waals surface area contributed by atoms with Crippen molar-refractivity contribution in [3.8, 4) is 11.8 Å². The fraction of sp³-hybridized carbons (Fsp3) is 0.222. The lowest BCUT2D eigenvalue weighted by atomic mass is 10.1. The Morgan fingerprint density at radius 2 is 2.29 bits per heavy atom. The summed E-state index contributed by atoms with van der Waals surface area (Å²) in [5.41, 5.74) is 0.328. The number of nitriles is 1. The second kappa shape index (κ2) is 4.23. The summed E-state index contributed by atoms with van der Waals surface area (Å²) in [5.74, 6) is -0.0245. The molecule has 0 bridgehead atoms. The number of nitro groups is 1. The van der Waals surface area contributed by atoms with Gasteiger partial charge in [-0.3, -0.25) is 10.1 Å². The lowest BCUT2D eigenvalue weighted by Gasteiger charge is -2.00. The third-order valence-electron chi connectivity index (χ3n) is 1.77. The number of benzene rings is 1. The van der Waals surface area contributed by atoms with Gasteiger partial charge < -0.3 is 5.11 Å². The summed E-state index contributed by atoms with van der Waals surface area (Å²) in [6, 6.07) is 5.71. The van der Waals surface area contributed by atoms with Crippen molar-refractivity contribution in [2.45, 2.75) is 12.8 Å². The SMILES string of the molecule is N#CCCc1cc(O)ccc1[N+](=O)[O-]. The van der Waals surface area contributed by atoms with Crippen molar-refractivity contribution in [2.75, 3.05) is 0 Å². The van der Waals surface area contributed by atoms with Gasteiger partial charge in [-0.2, -0.15) is 5.26 Å². The molecule has 0 aliphatic heterocycles. The van der Waals surface area contributed by atoms with Gasteiger partial charge in [-0.05, 0) is 18.6 Å². The maximum Gasteiger partial charge on any atom is 0.272 e. The van der Waals surface area contributed by atoms with Crippen LogP contribution in [0.25, 0.3) is 0 Å². The number of phenolic OH excluding ortho intramolecular Hbond substituents is 1. The number of hydrogen-bond donors (Lipinski definition) is 1. The second-order valence-electron chi connectivity index (χ2n) is 2.73. The quantitative estimate of drug-likeness (QED) is 0.583. The van der Waals surface area contributed by atoms with Gasteiger partial charge in [0.1, 0.15) is 5.75 Å². The van der Waals surface area contributed by atoms with Gasteiger partial charge in [0.05, 0.1) is 11.0 Å². The average molecular weight is 192 g/mol. The summed E-state index contributed by atoms with van der Waals surface area (Å²) >= 11 is 0. The van der Waals surface area contributed by atoms with E-state index in [9.17, 15) is 10.1 Å². The van der Waals surface area contributed by atoms with Crippen molar-refractivity contribution in [3.05, 3.63) is 33.9 Å². The van der Waals surface area contributed by atoms with Crippen LogP contribution in [0, 0.1) is 21.4 Å². The summed E-state index contributed by atoms with van der Waals surface area (Å²) in [4.78, 5) is 10.0. The van der Waals surface area contributed by atoms with E-state index in [0.29, 0.717) is 5.56 Å². The molecule has 0 aliphatic rings. The zero-order chi connectivity index (χ0) is 10.6. The van der Waals surface area contributed by atoms with E-state index in [4.69, 9.17) is 10.4 Å². The number of nitro benzene ring substituents is 1. The first-order valence-corrected chi connectivity index (χ1v) is 3.98. The van der Waals surface area contributed by atoms with E-state index in [1.54, 1.807) is 0 Å². The normalized spacial score (nSPS) is 9.36. The van der Waals surface area contributed by atoms with Crippen LogP contribution in [-0.4, -0.2) is 10.0 Å². The third-order valence-corrected chi connectivity index (χ3v) is 1.77. The van der Waals surface area contributed by atoms with Crippen LogP contribution in [0.2, 0.25) is 0 Å². The molecular weight excluding hydrogens is 184 g/mol. The minimum Gasteiger partial charge on any atom is -0.508 e. The molecule has 0 saturated heterocycles. The Balaban J connectivity index is 3.04. The number of phenols is 1. The highest BCUT2D eigenvalue weighted by atomic mass is 16.6. The maximum atomic E-state index is 10.5. The number of rotatable bonds is 3. The fourth-order valence-corrected chi connectivity index (χ4v) is 1.14. The Hall–Kier alpha value is -2.09. The predicted octanol–water partition coefficient (Wildman–Crippen LogP) is 1.76. The van der Waals surface area contributed by atoms with Crippen molar-refractivity contribution < 1.29 is 10.0 Å². The molecule has 0 amide bonds. The Labute approximate surface area is 80.4 Å². The van der Waals surface area contributed by atoms with Crippen molar-refractivity contribution in [1.29, 1.82) is 5.26 Å². The molecule has 0 aromatic heterocycles. The Morgan fingerprint density at radius 3 is 2.86 bits per heavy atom. The van der Waals surface area contributed by atoms with Crippen molar-refractivity contribution in [1.82, 2.24) is 0 Å². The molecule has 0 unspecified atom stereocenters. The van der Waals surface area contributed by atoms with Gasteiger partial charge in [-0.25, -0.2) is 0 Å². The van der Waals surface area contributed by atoms with Gasteiger partial charge in [-0.1, -0.05) is 0 Å². The molecule has 0 aliphatic carbocycles. The van der Waals surface area contributed by atoms with Crippen molar-refractivity contribution in [2.24, 2.45) is 0 Å². The standard InChI is InChI=1S/C9H8N2O3/c10-5-1-2-7-6-8(12)3-4-9(7)11(13)14/h3-4,6,12H,1-2H2. The number of aryl methyl sites for hydroxylation is 1. The van der Waals surface area contributed by atoms with Crippen molar-refractivity contribution in [3.63, 3.8) is 0 Å². The van der Waals surface area contributed by atoms with Crippen LogP contribution in [-0.2, 0) is 6.42 Å². The highest BCUT2D eigenvalue weighted by Gasteiger charge is 2.13. The number of hydrogen-bond acceptors (Lipinski definition) is 4. The molecule has 0 heterocycles. The summed E-state index contributed by atoms with van der Waals surface area (Å²) in [6.45, 7) is 0. The fourth-order valence-electron chi connectivity index (χ4n) is 1.14. The van der Waals surface area contributed by atoms with Gasteiger partial charge in [-0.15, -0.1) is 0 Å². The van der Waals surface area contributed by atoms with Crippen LogP contribution in [0.5, 0.6) is 5.75 Å². The van der Waals surface area contributed by atoms with Gasteiger partial charge in [0.15, 0.2) is 0 Å². The van der Waals surface area contributed by atoms with Crippen LogP contribution < -0.4 is 0 Å². The van der Waals surface area contributed by atoms with Crippen LogP contribution in [0.1, 0.15) is 12.0 Å². The molecule has 5 heteroatoms. The molecule has 0 saturated carbocycles. The molecule has 0 radical (unpaired) electrons. The van der Waals surface area contributed by atoms with Crippen LogP contribution in [0.15, 0.2) is 18.2 Å². The first kappa shape index (κ1) is 9.99. The molecule has 1 aromatic carbocycles. The first-order chi connectivity index (χ1) is 6.65. The lowest BCUT2D eigenvalue weighted by molar-refractivity contribution is -0.385. The molecule has 0 spiro atoms. The van der Waals surface area contributed by atoms with Crippen LogP contribution in [0.3, 0.4) is 0 Å².